The number of ether oxygens (including phenoxy) is 2. The van der Waals surface area contributed by atoms with Crippen LogP contribution in [-0.2, 0) is 11.3 Å². The summed E-state index contributed by atoms with van der Waals surface area (Å²) in [6, 6.07) is 7.74. The predicted molar refractivity (Wildman–Crippen MR) is 87.4 cm³/mol. The van der Waals surface area contributed by atoms with Crippen LogP contribution in [-0.4, -0.2) is 56.4 Å². The summed E-state index contributed by atoms with van der Waals surface area (Å²) in [7, 11) is 3.77. The summed E-state index contributed by atoms with van der Waals surface area (Å²) in [4.78, 5) is 6.60. The molecule has 124 valence electrons. The largest absolute Gasteiger partial charge is 0.497 e. The smallest absolute Gasteiger partial charge is 0.208 e. The molecule has 0 spiro atoms. The van der Waals surface area contributed by atoms with Crippen LogP contribution in [0.1, 0.15) is 5.89 Å². The van der Waals surface area contributed by atoms with Crippen LogP contribution in [0.2, 0.25) is 0 Å². The van der Waals surface area contributed by atoms with Crippen LogP contribution in [0.15, 0.2) is 34.9 Å². The maximum absolute atomic E-state index is 5.79. The first-order chi connectivity index (χ1) is 11.2. The average molecular weight is 317 g/mol. The van der Waals surface area contributed by atoms with Gasteiger partial charge >= 0.3 is 0 Å². The molecular weight excluding hydrogens is 294 g/mol. The van der Waals surface area contributed by atoms with Crippen molar-refractivity contribution in [2.45, 2.75) is 12.6 Å². The summed E-state index contributed by atoms with van der Waals surface area (Å²) in [6.45, 7) is 4.14. The van der Waals surface area contributed by atoms with Crippen molar-refractivity contribution < 1.29 is 13.9 Å². The van der Waals surface area contributed by atoms with E-state index in [0.29, 0.717) is 12.4 Å². The van der Waals surface area contributed by atoms with Gasteiger partial charge in [0.25, 0.3) is 0 Å². The number of morpholine rings is 1. The van der Waals surface area contributed by atoms with Crippen molar-refractivity contribution in [2.24, 2.45) is 0 Å². The number of hydrogen-bond acceptors (Lipinski definition) is 6. The molecule has 1 atom stereocenters. The minimum atomic E-state index is 0.227. The van der Waals surface area contributed by atoms with Gasteiger partial charge in [-0.3, -0.25) is 0 Å². The van der Waals surface area contributed by atoms with Crippen molar-refractivity contribution in [1.29, 1.82) is 0 Å². The second-order valence-electron chi connectivity index (χ2n) is 5.73. The molecule has 23 heavy (non-hydrogen) atoms. The lowest BCUT2D eigenvalue weighted by Crippen LogP contribution is -2.44. The normalized spacial score (nSPS) is 19.0. The van der Waals surface area contributed by atoms with E-state index in [2.05, 4.69) is 22.2 Å². The molecular formula is C17H23N3O3. The van der Waals surface area contributed by atoms with Crippen LogP contribution in [0.4, 0.5) is 0 Å². The van der Waals surface area contributed by atoms with Gasteiger partial charge in [0.15, 0.2) is 5.76 Å². The van der Waals surface area contributed by atoms with Gasteiger partial charge in [-0.2, -0.15) is 0 Å². The maximum atomic E-state index is 5.79. The molecule has 2 heterocycles. The molecule has 1 aliphatic heterocycles. The van der Waals surface area contributed by atoms with Crippen molar-refractivity contribution in [1.82, 2.24) is 15.2 Å². The topological polar surface area (TPSA) is 59.8 Å². The summed E-state index contributed by atoms with van der Waals surface area (Å²) >= 11 is 0. The van der Waals surface area contributed by atoms with Gasteiger partial charge in [0.2, 0.25) is 5.89 Å². The number of methoxy groups -OCH3 is 1. The lowest BCUT2D eigenvalue weighted by atomic mass is 10.2. The van der Waals surface area contributed by atoms with Gasteiger partial charge in [-0.05, 0) is 31.3 Å². The molecule has 0 radical (unpaired) electrons. The fraction of sp³-hybridized carbons (Fsp3) is 0.471. The van der Waals surface area contributed by atoms with Crippen molar-refractivity contribution in [3.63, 3.8) is 0 Å². The molecule has 6 nitrogen and oxygen atoms in total. The Hall–Kier alpha value is -1.89. The van der Waals surface area contributed by atoms with Crippen molar-refractivity contribution >= 4 is 0 Å². The Morgan fingerprint density at radius 3 is 2.91 bits per heavy atom. The zero-order chi connectivity index (χ0) is 16.1. The number of oxazole rings is 1. The average Bonchev–Trinajstić information content (AvgIpc) is 3.04. The fourth-order valence-electron chi connectivity index (χ4n) is 2.61. The number of nitrogens with zero attached hydrogens (tertiary/aromatic N) is 2. The van der Waals surface area contributed by atoms with E-state index < -0.39 is 0 Å². The summed E-state index contributed by atoms with van der Waals surface area (Å²) in [5.41, 5.74) is 0.988. The Bertz CT molecular complexity index is 612. The second-order valence-corrected chi connectivity index (χ2v) is 5.73. The standard InChI is InChI=1S/C17H23N3O3/c1-20-7-8-22-15(12-20)9-18-11-17-19-10-16(23-17)13-3-5-14(21-2)6-4-13/h3-6,10,15,18H,7-9,11-12H2,1-2H3/t15-/m0/s1. The highest BCUT2D eigenvalue weighted by Gasteiger charge is 2.17. The Morgan fingerprint density at radius 2 is 2.17 bits per heavy atom. The molecule has 6 heteroatoms. The van der Waals surface area contributed by atoms with Gasteiger partial charge in [0, 0.05) is 25.2 Å². The predicted octanol–water partition coefficient (Wildman–Crippen LogP) is 1.77. The zero-order valence-corrected chi connectivity index (χ0v) is 13.6. The fourth-order valence-corrected chi connectivity index (χ4v) is 2.61. The van der Waals surface area contributed by atoms with Gasteiger partial charge in [-0.15, -0.1) is 0 Å². The molecule has 1 aromatic heterocycles. The molecule has 0 unspecified atom stereocenters. The van der Waals surface area contributed by atoms with E-state index >= 15 is 0 Å². The van der Waals surface area contributed by atoms with Crippen LogP contribution in [0.5, 0.6) is 5.75 Å². The third kappa shape index (κ3) is 4.31. The Kier molecular flexibility index (Phi) is 5.27. The van der Waals surface area contributed by atoms with E-state index in [0.717, 1.165) is 43.3 Å². The molecule has 1 fully saturated rings. The maximum Gasteiger partial charge on any atom is 0.208 e. The van der Waals surface area contributed by atoms with E-state index in [4.69, 9.17) is 13.9 Å². The summed E-state index contributed by atoms with van der Waals surface area (Å²) in [6.07, 6.45) is 1.98. The number of hydrogen-bond donors (Lipinski definition) is 1. The first kappa shape index (κ1) is 16.0. The molecule has 3 rings (SSSR count). The first-order valence-corrected chi connectivity index (χ1v) is 7.84. The monoisotopic (exact) mass is 317 g/mol. The zero-order valence-electron chi connectivity index (χ0n) is 13.6. The minimum Gasteiger partial charge on any atom is -0.497 e. The van der Waals surface area contributed by atoms with Crippen molar-refractivity contribution in [3.05, 3.63) is 36.4 Å². The highest BCUT2D eigenvalue weighted by molar-refractivity contribution is 5.57. The van der Waals surface area contributed by atoms with E-state index in [9.17, 15) is 0 Å². The van der Waals surface area contributed by atoms with Gasteiger partial charge in [-0.1, -0.05) is 0 Å². The van der Waals surface area contributed by atoms with E-state index in [1.807, 2.05) is 24.3 Å². The minimum absolute atomic E-state index is 0.227. The van der Waals surface area contributed by atoms with Crippen molar-refractivity contribution in [3.8, 4) is 17.1 Å². The summed E-state index contributed by atoms with van der Waals surface area (Å²) in [5, 5.41) is 3.35. The molecule has 1 N–H and O–H groups in total. The Labute approximate surface area is 136 Å². The molecule has 0 amide bonds. The Morgan fingerprint density at radius 1 is 1.35 bits per heavy atom. The van der Waals surface area contributed by atoms with Gasteiger partial charge in [0.1, 0.15) is 5.75 Å². The lowest BCUT2D eigenvalue weighted by Gasteiger charge is -2.30. The van der Waals surface area contributed by atoms with Gasteiger partial charge < -0.3 is 24.1 Å². The molecule has 0 aliphatic carbocycles. The SMILES string of the molecule is COc1ccc(-c2cnc(CNC[C@H]3CN(C)CCO3)o2)cc1. The van der Waals surface area contributed by atoms with Crippen LogP contribution in [0, 0.1) is 0 Å². The molecule has 1 saturated heterocycles. The number of nitrogens with one attached hydrogen (secondary N) is 1. The summed E-state index contributed by atoms with van der Waals surface area (Å²) in [5.74, 6) is 2.27. The number of likely N-dealkylation sites (N-methyl/N-ethyl adjacent to an activating group) is 1. The molecule has 2 aromatic rings. The lowest BCUT2D eigenvalue weighted by molar-refractivity contribution is -0.0184. The summed E-state index contributed by atoms with van der Waals surface area (Å²) < 4.78 is 16.7. The van der Waals surface area contributed by atoms with Crippen LogP contribution in [0.25, 0.3) is 11.3 Å². The number of benzene rings is 1. The third-order valence-corrected chi connectivity index (χ3v) is 3.92. The van der Waals surface area contributed by atoms with E-state index in [-0.39, 0.29) is 6.10 Å². The molecule has 1 aromatic carbocycles. The highest BCUT2D eigenvalue weighted by Crippen LogP contribution is 2.23. The Balaban J connectivity index is 1.50. The van der Waals surface area contributed by atoms with Gasteiger partial charge in [-0.25, -0.2) is 4.98 Å². The van der Waals surface area contributed by atoms with Crippen LogP contribution in [0.3, 0.4) is 0 Å². The van der Waals surface area contributed by atoms with Gasteiger partial charge in [0.05, 0.1) is 32.6 Å². The van der Waals surface area contributed by atoms with Crippen LogP contribution < -0.4 is 10.1 Å². The number of rotatable bonds is 6. The van der Waals surface area contributed by atoms with Crippen molar-refractivity contribution in [2.75, 3.05) is 40.4 Å². The quantitative estimate of drug-likeness (QED) is 0.876. The van der Waals surface area contributed by atoms with Crippen LogP contribution >= 0.6 is 0 Å². The van der Waals surface area contributed by atoms with E-state index in [1.54, 1.807) is 13.3 Å². The van der Waals surface area contributed by atoms with E-state index in [1.165, 1.54) is 0 Å². The third-order valence-electron chi connectivity index (χ3n) is 3.92. The highest BCUT2D eigenvalue weighted by atomic mass is 16.5. The first-order valence-electron chi connectivity index (χ1n) is 7.84. The molecule has 0 bridgehead atoms. The number of aromatic nitrogens is 1. The molecule has 1 aliphatic rings. The molecule has 0 saturated carbocycles. The second kappa shape index (κ2) is 7.59.